The van der Waals surface area contributed by atoms with Crippen molar-refractivity contribution < 1.29 is 5.11 Å². The van der Waals surface area contributed by atoms with Crippen LogP contribution in [0.3, 0.4) is 0 Å². The van der Waals surface area contributed by atoms with Gasteiger partial charge in [0.05, 0.1) is 5.39 Å². The molecule has 0 bridgehead atoms. The highest BCUT2D eigenvalue weighted by Gasteiger charge is 2.25. The molecule has 7 nitrogen and oxygen atoms in total. The highest BCUT2D eigenvalue weighted by Crippen LogP contribution is 2.30. The number of H-pyrrole nitrogens is 1. The number of aromatic amines is 1. The summed E-state index contributed by atoms with van der Waals surface area (Å²) in [5, 5.41) is 14.1. The molecular formula is C19H21N5O2. The standard InChI is InChI=1S/C19H21N5O2/c1-12-2-5-20-15(8-12)22-16-9-14-3-6-21-19(26)17(14)18(23-16)24-7-4-13(10-24)11-25/h2-3,5-6,8-9,13,25H,4,7,10-11H2,1H3,(H,21,26)(H,20,22,23)/t13-/m0/s1. The average Bonchev–Trinajstić information content (AvgIpc) is 3.10. The second kappa shape index (κ2) is 6.76. The zero-order valence-electron chi connectivity index (χ0n) is 14.6. The smallest absolute Gasteiger partial charge is 0.259 e. The van der Waals surface area contributed by atoms with Crippen molar-refractivity contribution in [3.8, 4) is 0 Å². The van der Waals surface area contributed by atoms with Crippen molar-refractivity contribution in [2.24, 2.45) is 5.92 Å². The normalized spacial score (nSPS) is 17.0. The summed E-state index contributed by atoms with van der Waals surface area (Å²) in [5.41, 5.74) is 0.947. The van der Waals surface area contributed by atoms with Crippen LogP contribution in [0.2, 0.25) is 0 Å². The summed E-state index contributed by atoms with van der Waals surface area (Å²) in [5.74, 6) is 2.21. The molecule has 26 heavy (non-hydrogen) atoms. The average molecular weight is 351 g/mol. The molecule has 1 saturated heterocycles. The lowest BCUT2D eigenvalue weighted by Crippen LogP contribution is -2.24. The molecule has 1 fully saturated rings. The minimum absolute atomic E-state index is 0.149. The van der Waals surface area contributed by atoms with Crippen LogP contribution in [0.25, 0.3) is 10.8 Å². The summed E-state index contributed by atoms with van der Waals surface area (Å²) in [6.45, 7) is 3.62. The first-order valence-corrected chi connectivity index (χ1v) is 8.72. The number of fused-ring (bicyclic) bond motifs is 1. The lowest BCUT2D eigenvalue weighted by atomic mass is 10.1. The number of hydrogen-bond acceptors (Lipinski definition) is 6. The van der Waals surface area contributed by atoms with Gasteiger partial charge in [0, 0.05) is 38.0 Å². The van der Waals surface area contributed by atoms with Gasteiger partial charge in [0.15, 0.2) is 0 Å². The zero-order chi connectivity index (χ0) is 18.1. The van der Waals surface area contributed by atoms with Gasteiger partial charge in [-0.2, -0.15) is 0 Å². The number of nitrogens with one attached hydrogen (secondary N) is 2. The van der Waals surface area contributed by atoms with Crippen LogP contribution in [0.4, 0.5) is 17.5 Å². The summed E-state index contributed by atoms with van der Waals surface area (Å²) in [4.78, 5) is 26.3. The summed E-state index contributed by atoms with van der Waals surface area (Å²) >= 11 is 0. The monoisotopic (exact) mass is 351 g/mol. The first kappa shape index (κ1) is 16.5. The van der Waals surface area contributed by atoms with Gasteiger partial charge >= 0.3 is 0 Å². The highest BCUT2D eigenvalue weighted by atomic mass is 16.3. The van der Waals surface area contributed by atoms with Crippen LogP contribution in [0.1, 0.15) is 12.0 Å². The van der Waals surface area contributed by atoms with E-state index in [-0.39, 0.29) is 18.1 Å². The summed E-state index contributed by atoms with van der Waals surface area (Å²) in [6.07, 6.45) is 4.28. The van der Waals surface area contributed by atoms with E-state index in [1.807, 2.05) is 31.2 Å². The molecule has 7 heteroatoms. The molecule has 0 radical (unpaired) electrons. The second-order valence-corrected chi connectivity index (χ2v) is 6.73. The Balaban J connectivity index is 1.79. The molecule has 0 aliphatic carbocycles. The molecule has 4 rings (SSSR count). The molecule has 1 aliphatic rings. The number of aromatic nitrogens is 3. The van der Waals surface area contributed by atoms with E-state index in [9.17, 15) is 9.90 Å². The first-order valence-electron chi connectivity index (χ1n) is 8.72. The Hall–Kier alpha value is -2.93. The highest BCUT2D eigenvalue weighted by molar-refractivity contribution is 5.93. The Bertz CT molecular complexity index is 1000. The molecule has 0 spiro atoms. The Morgan fingerprint density at radius 2 is 2.23 bits per heavy atom. The van der Waals surface area contributed by atoms with Crippen LogP contribution >= 0.6 is 0 Å². The maximum Gasteiger partial charge on any atom is 0.259 e. The topological polar surface area (TPSA) is 94.1 Å². The Labute approximate surface area is 150 Å². The summed E-state index contributed by atoms with van der Waals surface area (Å²) in [7, 11) is 0. The van der Waals surface area contributed by atoms with Gasteiger partial charge in [-0.15, -0.1) is 0 Å². The molecule has 4 heterocycles. The van der Waals surface area contributed by atoms with Crippen molar-refractivity contribution >= 4 is 28.2 Å². The van der Waals surface area contributed by atoms with E-state index in [0.29, 0.717) is 29.4 Å². The number of aliphatic hydroxyl groups is 1. The fraction of sp³-hybridized carbons (Fsp3) is 0.316. The molecule has 0 aromatic carbocycles. The number of aliphatic hydroxyl groups excluding tert-OH is 1. The van der Waals surface area contributed by atoms with E-state index < -0.39 is 0 Å². The van der Waals surface area contributed by atoms with Crippen molar-refractivity contribution in [2.75, 3.05) is 29.9 Å². The Morgan fingerprint density at radius 1 is 1.35 bits per heavy atom. The van der Waals surface area contributed by atoms with Gasteiger partial charge in [-0.1, -0.05) is 0 Å². The van der Waals surface area contributed by atoms with Crippen LogP contribution in [0.5, 0.6) is 0 Å². The Kier molecular flexibility index (Phi) is 4.30. The number of nitrogens with zero attached hydrogens (tertiary/aromatic N) is 3. The van der Waals surface area contributed by atoms with Crippen LogP contribution < -0.4 is 15.8 Å². The third-order valence-electron chi connectivity index (χ3n) is 4.75. The fourth-order valence-electron chi connectivity index (χ4n) is 3.40. The predicted molar refractivity (Wildman–Crippen MR) is 102 cm³/mol. The summed E-state index contributed by atoms with van der Waals surface area (Å²) in [6, 6.07) is 7.61. The minimum Gasteiger partial charge on any atom is -0.396 e. The van der Waals surface area contributed by atoms with Crippen molar-refractivity contribution in [1.29, 1.82) is 0 Å². The predicted octanol–water partition coefficient (Wildman–Crippen LogP) is 2.19. The molecule has 134 valence electrons. The third-order valence-corrected chi connectivity index (χ3v) is 4.75. The Morgan fingerprint density at radius 3 is 3.00 bits per heavy atom. The van der Waals surface area contributed by atoms with E-state index >= 15 is 0 Å². The molecular weight excluding hydrogens is 330 g/mol. The second-order valence-electron chi connectivity index (χ2n) is 6.73. The van der Waals surface area contributed by atoms with E-state index in [4.69, 9.17) is 4.98 Å². The molecule has 1 aliphatic heterocycles. The van der Waals surface area contributed by atoms with Crippen LogP contribution in [0.15, 0.2) is 41.5 Å². The van der Waals surface area contributed by atoms with Gasteiger partial charge in [-0.25, -0.2) is 9.97 Å². The minimum atomic E-state index is -0.155. The third kappa shape index (κ3) is 3.13. The van der Waals surface area contributed by atoms with Crippen molar-refractivity contribution in [3.63, 3.8) is 0 Å². The SMILES string of the molecule is Cc1ccnc(Nc2cc3cc[nH]c(=O)c3c(N3CC[C@H](CO)C3)n2)c1. The van der Waals surface area contributed by atoms with Gasteiger partial charge in [-0.05, 0) is 48.6 Å². The van der Waals surface area contributed by atoms with Gasteiger partial charge < -0.3 is 20.3 Å². The number of pyridine rings is 3. The molecule has 0 amide bonds. The van der Waals surface area contributed by atoms with E-state index in [1.165, 1.54) is 0 Å². The molecule has 3 aromatic heterocycles. The van der Waals surface area contributed by atoms with Crippen molar-refractivity contribution in [1.82, 2.24) is 15.0 Å². The van der Waals surface area contributed by atoms with Crippen molar-refractivity contribution in [2.45, 2.75) is 13.3 Å². The number of hydrogen-bond donors (Lipinski definition) is 3. The van der Waals surface area contributed by atoms with Crippen LogP contribution in [0, 0.1) is 12.8 Å². The number of rotatable bonds is 4. The lowest BCUT2D eigenvalue weighted by Gasteiger charge is -2.20. The maximum absolute atomic E-state index is 12.4. The summed E-state index contributed by atoms with van der Waals surface area (Å²) < 4.78 is 0. The fourth-order valence-corrected chi connectivity index (χ4v) is 3.40. The molecule has 3 N–H and O–H groups in total. The largest absolute Gasteiger partial charge is 0.396 e. The molecule has 0 saturated carbocycles. The molecule has 3 aromatic rings. The zero-order valence-corrected chi connectivity index (χ0v) is 14.6. The van der Waals surface area contributed by atoms with Gasteiger partial charge in [-0.3, -0.25) is 4.79 Å². The first-order chi connectivity index (χ1) is 12.6. The number of aryl methyl sites for hydroxylation is 1. The molecule has 0 unspecified atom stereocenters. The van der Waals surface area contributed by atoms with Crippen molar-refractivity contribution in [3.05, 3.63) is 52.6 Å². The number of anilines is 3. The van der Waals surface area contributed by atoms with E-state index in [0.717, 1.165) is 23.9 Å². The maximum atomic E-state index is 12.4. The van der Waals surface area contributed by atoms with Crippen LogP contribution in [-0.4, -0.2) is 39.8 Å². The lowest BCUT2D eigenvalue weighted by molar-refractivity contribution is 0.238. The van der Waals surface area contributed by atoms with Gasteiger partial charge in [0.1, 0.15) is 17.5 Å². The molecule has 1 atom stereocenters. The van der Waals surface area contributed by atoms with Gasteiger partial charge in [0.25, 0.3) is 5.56 Å². The van der Waals surface area contributed by atoms with E-state index in [1.54, 1.807) is 12.4 Å². The van der Waals surface area contributed by atoms with Crippen LogP contribution in [-0.2, 0) is 0 Å². The van der Waals surface area contributed by atoms with E-state index in [2.05, 4.69) is 20.2 Å². The quantitative estimate of drug-likeness (QED) is 0.667. The van der Waals surface area contributed by atoms with Gasteiger partial charge in [0.2, 0.25) is 0 Å².